The van der Waals surface area contributed by atoms with Gasteiger partial charge >= 0.3 is 0 Å². The summed E-state index contributed by atoms with van der Waals surface area (Å²) in [6.45, 7) is 5.54. The number of ketones is 1. The van der Waals surface area contributed by atoms with Crippen LogP contribution in [0.25, 0.3) is 0 Å². The van der Waals surface area contributed by atoms with Crippen LogP contribution in [0.2, 0.25) is 0 Å². The first kappa shape index (κ1) is 15.3. The lowest BCUT2D eigenvalue weighted by atomic mass is 9.96. The Morgan fingerprint density at radius 2 is 1.84 bits per heavy atom. The quantitative estimate of drug-likeness (QED) is 0.653. The maximum atomic E-state index is 12.8. The highest BCUT2D eigenvalue weighted by Crippen LogP contribution is 2.21. The van der Waals surface area contributed by atoms with E-state index in [0.717, 1.165) is 12.0 Å². The number of halogens is 2. The third-order valence-corrected chi connectivity index (χ3v) is 2.86. The van der Waals surface area contributed by atoms with Crippen molar-refractivity contribution in [3.8, 4) is 0 Å². The van der Waals surface area contributed by atoms with Crippen molar-refractivity contribution in [2.75, 3.05) is 0 Å². The first-order valence-electron chi connectivity index (χ1n) is 6.36. The summed E-state index contributed by atoms with van der Waals surface area (Å²) in [6.07, 6.45) is -0.104. The molecule has 0 aromatic heterocycles. The summed E-state index contributed by atoms with van der Waals surface area (Å²) in [7, 11) is 0. The van der Waals surface area contributed by atoms with Gasteiger partial charge in [-0.15, -0.1) is 0 Å². The average molecular weight is 264 g/mol. The van der Waals surface area contributed by atoms with Crippen molar-refractivity contribution in [3.05, 3.63) is 59.7 Å². The number of benzene rings is 1. The normalized spacial score (nSPS) is 10.1. The third-order valence-electron chi connectivity index (χ3n) is 2.86. The number of unbranched alkanes of at least 4 members (excludes halogenated alkanes) is 1. The summed E-state index contributed by atoms with van der Waals surface area (Å²) in [5.41, 5.74) is 0.725. The van der Waals surface area contributed by atoms with E-state index >= 15 is 0 Å². The molecule has 19 heavy (non-hydrogen) atoms. The number of carbonyl (C=O) groups excluding carboxylic acids is 1. The van der Waals surface area contributed by atoms with E-state index in [1.165, 1.54) is 0 Å². The van der Waals surface area contributed by atoms with Gasteiger partial charge < -0.3 is 0 Å². The van der Waals surface area contributed by atoms with Crippen LogP contribution in [0.5, 0.6) is 0 Å². The van der Waals surface area contributed by atoms with E-state index in [2.05, 4.69) is 6.58 Å². The summed E-state index contributed by atoms with van der Waals surface area (Å²) in [4.78, 5) is 12.0. The lowest BCUT2D eigenvalue weighted by molar-refractivity contribution is -0.112. The minimum Gasteiger partial charge on any atom is -0.289 e. The Morgan fingerprint density at radius 3 is 2.37 bits per heavy atom. The van der Waals surface area contributed by atoms with E-state index in [9.17, 15) is 13.6 Å². The molecule has 0 saturated heterocycles. The molecule has 0 saturated carbocycles. The molecule has 0 fully saturated rings. The Hall–Kier alpha value is -1.77. The Bertz CT molecular complexity index is 471. The minimum absolute atomic E-state index is 0.117. The highest BCUT2D eigenvalue weighted by Gasteiger charge is 2.18. The second-order valence-corrected chi connectivity index (χ2v) is 4.44. The molecule has 0 aliphatic carbocycles. The van der Waals surface area contributed by atoms with Crippen LogP contribution >= 0.6 is 0 Å². The number of rotatable bonds is 7. The van der Waals surface area contributed by atoms with Crippen molar-refractivity contribution in [1.82, 2.24) is 0 Å². The molecule has 0 aliphatic rings. The standard InChI is InChI=1S/C16H18F2O/c1-3-4-10-14(16(17)18)15(19)12(2)11-13-8-6-5-7-9-13/h5-9H,2-4,10-11H2,1H3. The van der Waals surface area contributed by atoms with Gasteiger partial charge in [0.15, 0.2) is 5.78 Å². The molecule has 0 spiro atoms. The number of hydrogen-bond acceptors (Lipinski definition) is 1. The molecular formula is C16H18F2O. The van der Waals surface area contributed by atoms with Gasteiger partial charge in [-0.3, -0.25) is 4.79 Å². The van der Waals surface area contributed by atoms with Crippen molar-refractivity contribution < 1.29 is 13.6 Å². The van der Waals surface area contributed by atoms with Gasteiger partial charge in [-0.25, -0.2) is 0 Å². The van der Waals surface area contributed by atoms with Crippen LogP contribution < -0.4 is 0 Å². The largest absolute Gasteiger partial charge is 0.289 e. The van der Waals surface area contributed by atoms with Crippen LogP contribution in [0.15, 0.2) is 54.1 Å². The fraction of sp³-hybridized carbons (Fsp3) is 0.312. The van der Waals surface area contributed by atoms with Crippen LogP contribution in [-0.2, 0) is 11.2 Å². The molecule has 0 unspecified atom stereocenters. The molecule has 0 atom stereocenters. The van der Waals surface area contributed by atoms with Crippen LogP contribution in [0.1, 0.15) is 31.7 Å². The van der Waals surface area contributed by atoms with Crippen molar-refractivity contribution in [2.45, 2.75) is 32.6 Å². The molecular weight excluding hydrogens is 246 g/mol. The number of Topliss-reactive ketones (excluding diaryl/α,β-unsaturated/α-hetero) is 1. The molecule has 102 valence electrons. The van der Waals surface area contributed by atoms with Crippen LogP contribution in [0, 0.1) is 0 Å². The Morgan fingerprint density at radius 1 is 1.21 bits per heavy atom. The predicted molar refractivity (Wildman–Crippen MR) is 73.1 cm³/mol. The lowest BCUT2D eigenvalue weighted by Crippen LogP contribution is -2.09. The van der Waals surface area contributed by atoms with Gasteiger partial charge in [0, 0.05) is 6.42 Å². The summed E-state index contributed by atoms with van der Waals surface area (Å²) < 4.78 is 25.6. The fourth-order valence-corrected chi connectivity index (χ4v) is 1.78. The molecule has 1 aromatic carbocycles. The molecule has 1 nitrogen and oxygen atoms in total. The van der Waals surface area contributed by atoms with E-state index in [1.54, 1.807) is 0 Å². The molecule has 0 radical (unpaired) electrons. The van der Waals surface area contributed by atoms with E-state index in [-0.39, 0.29) is 17.6 Å². The summed E-state index contributed by atoms with van der Waals surface area (Å²) in [5, 5.41) is 0. The topological polar surface area (TPSA) is 17.1 Å². The van der Waals surface area contributed by atoms with Gasteiger partial charge in [-0.1, -0.05) is 50.3 Å². The first-order valence-corrected chi connectivity index (χ1v) is 6.36. The molecule has 0 bridgehead atoms. The lowest BCUT2D eigenvalue weighted by Gasteiger charge is -2.08. The summed E-state index contributed by atoms with van der Waals surface area (Å²) in [6, 6.07) is 9.24. The maximum Gasteiger partial charge on any atom is 0.277 e. The zero-order valence-electron chi connectivity index (χ0n) is 11.1. The smallest absolute Gasteiger partial charge is 0.277 e. The predicted octanol–water partition coefficient (Wildman–Crippen LogP) is 4.70. The number of allylic oxidation sites excluding steroid dienone is 2. The van der Waals surface area contributed by atoms with Crippen molar-refractivity contribution in [2.24, 2.45) is 0 Å². The van der Waals surface area contributed by atoms with Gasteiger partial charge in [0.05, 0.1) is 5.57 Å². The first-order chi connectivity index (χ1) is 9.06. The average Bonchev–Trinajstić information content (AvgIpc) is 2.39. The van der Waals surface area contributed by atoms with Gasteiger partial charge in [-0.2, -0.15) is 8.78 Å². The summed E-state index contributed by atoms with van der Waals surface area (Å²) in [5.74, 6) is -0.614. The van der Waals surface area contributed by atoms with E-state index in [0.29, 0.717) is 12.8 Å². The van der Waals surface area contributed by atoms with Crippen LogP contribution in [0.3, 0.4) is 0 Å². The van der Waals surface area contributed by atoms with Crippen molar-refractivity contribution in [3.63, 3.8) is 0 Å². The Kier molecular flexibility index (Phi) is 6.13. The highest BCUT2D eigenvalue weighted by atomic mass is 19.3. The summed E-state index contributed by atoms with van der Waals surface area (Å²) >= 11 is 0. The molecule has 0 N–H and O–H groups in total. The second-order valence-electron chi connectivity index (χ2n) is 4.44. The van der Waals surface area contributed by atoms with Gasteiger partial charge in [-0.05, 0) is 24.0 Å². The van der Waals surface area contributed by atoms with E-state index in [4.69, 9.17) is 0 Å². The highest BCUT2D eigenvalue weighted by molar-refractivity contribution is 6.08. The van der Waals surface area contributed by atoms with E-state index in [1.807, 2.05) is 37.3 Å². The number of carbonyl (C=O) groups is 1. The van der Waals surface area contributed by atoms with Gasteiger partial charge in [0.1, 0.15) is 0 Å². The zero-order chi connectivity index (χ0) is 14.3. The Balaban J connectivity index is 2.75. The molecule has 0 heterocycles. The third kappa shape index (κ3) is 4.78. The van der Waals surface area contributed by atoms with Gasteiger partial charge in [0.25, 0.3) is 6.08 Å². The van der Waals surface area contributed by atoms with E-state index < -0.39 is 11.9 Å². The zero-order valence-corrected chi connectivity index (χ0v) is 11.1. The minimum atomic E-state index is -1.88. The van der Waals surface area contributed by atoms with Crippen molar-refractivity contribution >= 4 is 5.78 Å². The molecule has 1 rings (SSSR count). The number of hydrogen-bond donors (Lipinski definition) is 0. The maximum absolute atomic E-state index is 12.8. The molecule has 3 heteroatoms. The monoisotopic (exact) mass is 264 g/mol. The fourth-order valence-electron chi connectivity index (χ4n) is 1.78. The van der Waals surface area contributed by atoms with Crippen LogP contribution in [0.4, 0.5) is 8.78 Å². The molecule has 0 amide bonds. The van der Waals surface area contributed by atoms with Gasteiger partial charge in [0.2, 0.25) is 0 Å². The molecule has 0 aliphatic heterocycles. The second kappa shape index (κ2) is 7.62. The van der Waals surface area contributed by atoms with Crippen LogP contribution in [-0.4, -0.2) is 5.78 Å². The Labute approximate surface area is 112 Å². The van der Waals surface area contributed by atoms with Crippen molar-refractivity contribution in [1.29, 1.82) is 0 Å². The molecule has 1 aromatic rings. The SMILES string of the molecule is C=C(Cc1ccccc1)C(=O)C(CCCC)=C(F)F.